The summed E-state index contributed by atoms with van der Waals surface area (Å²) in [5.41, 5.74) is 7.78. The van der Waals surface area contributed by atoms with Crippen LogP contribution in [0.1, 0.15) is 24.8 Å². The fourth-order valence-corrected chi connectivity index (χ4v) is 2.63. The minimum atomic E-state index is 0.263. The Morgan fingerprint density at radius 3 is 2.90 bits per heavy atom. The number of anilines is 1. The number of benzene rings is 1. The Morgan fingerprint density at radius 2 is 2.19 bits per heavy atom. The quantitative estimate of drug-likeness (QED) is 0.383. The van der Waals surface area contributed by atoms with E-state index in [-0.39, 0.29) is 5.84 Å². The minimum absolute atomic E-state index is 0.263. The molecule has 0 unspecified atom stereocenters. The third-order valence-corrected chi connectivity index (χ3v) is 3.88. The van der Waals surface area contributed by atoms with Gasteiger partial charge in [0.25, 0.3) is 0 Å². The average molecular weight is 284 g/mol. The highest BCUT2D eigenvalue weighted by Crippen LogP contribution is 2.33. The van der Waals surface area contributed by atoms with E-state index in [0.717, 1.165) is 23.3 Å². The summed E-state index contributed by atoms with van der Waals surface area (Å²) in [6, 6.07) is 10.9. The molecular formula is C16H20N4O. The molecule has 0 radical (unpaired) electrons. The van der Waals surface area contributed by atoms with Gasteiger partial charge in [-0.25, -0.2) is 4.98 Å². The average Bonchev–Trinajstić information content (AvgIpc) is 3.32. The van der Waals surface area contributed by atoms with Crippen molar-refractivity contribution in [1.29, 1.82) is 0 Å². The Kier molecular flexibility index (Phi) is 3.64. The third-order valence-electron chi connectivity index (χ3n) is 3.88. The number of rotatable bonds is 5. The van der Waals surface area contributed by atoms with E-state index in [4.69, 9.17) is 15.9 Å². The Morgan fingerprint density at radius 1 is 1.43 bits per heavy atom. The van der Waals surface area contributed by atoms with Gasteiger partial charge in [-0.15, -0.1) is 0 Å². The van der Waals surface area contributed by atoms with Crippen molar-refractivity contribution in [3.8, 4) is 0 Å². The van der Waals surface area contributed by atoms with Crippen molar-refractivity contribution in [2.75, 3.05) is 11.4 Å². The van der Waals surface area contributed by atoms with Crippen molar-refractivity contribution in [3.05, 3.63) is 35.9 Å². The van der Waals surface area contributed by atoms with E-state index in [2.05, 4.69) is 29.1 Å². The zero-order chi connectivity index (χ0) is 14.8. The molecule has 21 heavy (non-hydrogen) atoms. The summed E-state index contributed by atoms with van der Waals surface area (Å²) >= 11 is 0. The van der Waals surface area contributed by atoms with Crippen LogP contribution < -0.4 is 10.6 Å². The largest absolute Gasteiger partial charge is 0.409 e. The number of fused-ring (bicyclic) bond motifs is 1. The maximum atomic E-state index is 8.70. The maximum absolute atomic E-state index is 8.70. The number of nitrogens with zero attached hydrogens (tertiary/aromatic N) is 3. The first-order valence-electron chi connectivity index (χ1n) is 7.28. The number of aromatic nitrogens is 1. The van der Waals surface area contributed by atoms with E-state index in [1.54, 1.807) is 0 Å². The molecule has 2 aromatic rings. The van der Waals surface area contributed by atoms with E-state index in [9.17, 15) is 0 Å². The molecule has 3 N–H and O–H groups in total. The molecule has 5 heteroatoms. The van der Waals surface area contributed by atoms with Crippen molar-refractivity contribution in [2.24, 2.45) is 10.9 Å². The number of aryl methyl sites for hydroxylation is 1. The van der Waals surface area contributed by atoms with Gasteiger partial charge in [-0.3, -0.25) is 0 Å². The van der Waals surface area contributed by atoms with Crippen LogP contribution in [0.25, 0.3) is 10.9 Å². The first kappa shape index (κ1) is 13.7. The first-order chi connectivity index (χ1) is 10.2. The van der Waals surface area contributed by atoms with Crippen LogP contribution in [-0.4, -0.2) is 28.6 Å². The molecular weight excluding hydrogens is 264 g/mol. The molecule has 3 rings (SSSR count). The molecule has 1 aliphatic rings. The minimum Gasteiger partial charge on any atom is -0.409 e. The van der Waals surface area contributed by atoms with Crippen molar-refractivity contribution in [3.63, 3.8) is 0 Å². The predicted octanol–water partition coefficient (Wildman–Crippen LogP) is 2.65. The van der Waals surface area contributed by atoms with Crippen LogP contribution in [-0.2, 0) is 0 Å². The number of nitrogens with two attached hydrogens (primary N) is 1. The second kappa shape index (κ2) is 5.60. The lowest BCUT2D eigenvalue weighted by Crippen LogP contribution is -2.31. The fourth-order valence-electron chi connectivity index (χ4n) is 2.63. The van der Waals surface area contributed by atoms with Crippen molar-refractivity contribution in [2.45, 2.75) is 32.2 Å². The molecule has 0 atom stereocenters. The van der Waals surface area contributed by atoms with Crippen LogP contribution in [0.4, 0.5) is 5.82 Å². The number of oxime groups is 1. The number of pyridine rings is 1. The monoisotopic (exact) mass is 284 g/mol. The lowest BCUT2D eigenvalue weighted by molar-refractivity contribution is 0.317. The van der Waals surface area contributed by atoms with Crippen LogP contribution in [0.5, 0.6) is 0 Å². The normalized spacial score (nSPS) is 15.4. The molecule has 1 heterocycles. The van der Waals surface area contributed by atoms with Gasteiger partial charge in [-0.2, -0.15) is 0 Å². The molecule has 0 saturated heterocycles. The highest BCUT2D eigenvalue weighted by Gasteiger charge is 2.30. The molecule has 1 fully saturated rings. The van der Waals surface area contributed by atoms with Gasteiger partial charge in [-0.05, 0) is 37.5 Å². The SMILES string of the molecule is Cc1cc2ccccc2nc1N(CCC(N)=NO)C1CC1. The predicted molar refractivity (Wildman–Crippen MR) is 84.9 cm³/mol. The summed E-state index contributed by atoms with van der Waals surface area (Å²) in [6.45, 7) is 2.82. The van der Waals surface area contributed by atoms with Gasteiger partial charge in [0.2, 0.25) is 0 Å². The van der Waals surface area contributed by atoms with Crippen LogP contribution in [0.2, 0.25) is 0 Å². The topological polar surface area (TPSA) is 74.7 Å². The van der Waals surface area contributed by atoms with Gasteiger partial charge >= 0.3 is 0 Å². The molecule has 0 bridgehead atoms. The first-order valence-corrected chi connectivity index (χ1v) is 7.28. The molecule has 1 aromatic carbocycles. The molecule has 0 amide bonds. The number of para-hydroxylation sites is 1. The van der Waals surface area contributed by atoms with Gasteiger partial charge in [0.15, 0.2) is 0 Å². The van der Waals surface area contributed by atoms with E-state index in [1.165, 1.54) is 18.4 Å². The zero-order valence-electron chi connectivity index (χ0n) is 12.2. The summed E-state index contributed by atoms with van der Waals surface area (Å²) in [4.78, 5) is 7.11. The Hall–Kier alpha value is -2.30. The lowest BCUT2D eigenvalue weighted by Gasteiger charge is -2.25. The molecule has 1 saturated carbocycles. The maximum Gasteiger partial charge on any atom is 0.140 e. The van der Waals surface area contributed by atoms with Crippen LogP contribution in [0.15, 0.2) is 35.5 Å². The number of hydrogen-bond donors (Lipinski definition) is 2. The van der Waals surface area contributed by atoms with Gasteiger partial charge in [0.1, 0.15) is 11.7 Å². The smallest absolute Gasteiger partial charge is 0.140 e. The molecule has 1 aliphatic carbocycles. The van der Waals surface area contributed by atoms with Gasteiger partial charge in [0.05, 0.1) is 5.52 Å². The van der Waals surface area contributed by atoms with Crippen LogP contribution in [0.3, 0.4) is 0 Å². The lowest BCUT2D eigenvalue weighted by atomic mass is 10.1. The van der Waals surface area contributed by atoms with Crippen molar-refractivity contribution >= 4 is 22.6 Å². The highest BCUT2D eigenvalue weighted by molar-refractivity contribution is 5.82. The van der Waals surface area contributed by atoms with Gasteiger partial charge in [-0.1, -0.05) is 23.4 Å². The van der Waals surface area contributed by atoms with E-state index < -0.39 is 0 Å². The van der Waals surface area contributed by atoms with Crippen LogP contribution in [0, 0.1) is 6.92 Å². The van der Waals surface area contributed by atoms with Crippen LogP contribution >= 0.6 is 0 Å². The summed E-state index contributed by atoms with van der Waals surface area (Å²) in [5.74, 6) is 1.28. The number of amidine groups is 1. The van der Waals surface area contributed by atoms with Gasteiger partial charge in [0, 0.05) is 24.4 Å². The molecule has 5 nitrogen and oxygen atoms in total. The summed E-state index contributed by atoms with van der Waals surface area (Å²) in [6.07, 6.45) is 2.91. The molecule has 0 aliphatic heterocycles. The Bertz CT molecular complexity index is 679. The number of hydrogen-bond acceptors (Lipinski definition) is 4. The molecule has 0 spiro atoms. The Balaban J connectivity index is 1.93. The molecule has 110 valence electrons. The van der Waals surface area contributed by atoms with E-state index in [1.807, 2.05) is 18.2 Å². The Labute approximate surface area is 124 Å². The third kappa shape index (κ3) is 2.91. The van der Waals surface area contributed by atoms with E-state index >= 15 is 0 Å². The summed E-state index contributed by atoms with van der Waals surface area (Å²) in [5, 5.41) is 12.9. The summed E-state index contributed by atoms with van der Waals surface area (Å²) < 4.78 is 0. The highest BCUT2D eigenvalue weighted by atomic mass is 16.4. The fraction of sp³-hybridized carbons (Fsp3) is 0.375. The van der Waals surface area contributed by atoms with Crippen molar-refractivity contribution in [1.82, 2.24) is 4.98 Å². The second-order valence-corrected chi connectivity index (χ2v) is 5.59. The zero-order valence-corrected chi connectivity index (χ0v) is 12.2. The van der Waals surface area contributed by atoms with Gasteiger partial charge < -0.3 is 15.8 Å². The second-order valence-electron chi connectivity index (χ2n) is 5.59. The molecule has 1 aromatic heterocycles. The summed E-state index contributed by atoms with van der Waals surface area (Å²) in [7, 11) is 0. The van der Waals surface area contributed by atoms with E-state index in [0.29, 0.717) is 12.5 Å². The standard InChI is InChI=1S/C16H20N4O/c1-11-10-12-4-2-3-5-14(12)18-16(11)20(13-6-7-13)9-8-15(17)19-21/h2-5,10,13,21H,6-9H2,1H3,(H2,17,19). The van der Waals surface area contributed by atoms with Crippen molar-refractivity contribution < 1.29 is 5.21 Å².